The number of fused-ring (bicyclic) bond motifs is 2. The summed E-state index contributed by atoms with van der Waals surface area (Å²) in [4.78, 5) is 53.1. The number of rotatable bonds is 6. The van der Waals surface area contributed by atoms with Gasteiger partial charge >= 0.3 is 103 Å². The molecule has 0 aliphatic carbocycles. The number of phenolic OH excluding ortho intramolecular Hbond substituents is 2. The molecule has 6 aromatic rings. The summed E-state index contributed by atoms with van der Waals surface area (Å²) in [5.74, 6) is -1.27. The van der Waals surface area contributed by atoms with Crippen molar-refractivity contribution in [3.63, 3.8) is 0 Å². The molecule has 0 saturated carbocycles. The van der Waals surface area contributed by atoms with Gasteiger partial charge in [-0.1, -0.05) is 23.4 Å². The average Bonchev–Trinajstić information content (AvgIpc) is 3.79. The number of furan rings is 2. The second-order valence-corrected chi connectivity index (χ2v) is 10.9. The Bertz CT molecular complexity index is 2130. The van der Waals surface area contributed by atoms with Gasteiger partial charge in [0.1, 0.15) is 51.7 Å². The second-order valence-electron chi connectivity index (χ2n) is 10.0. The van der Waals surface area contributed by atoms with Gasteiger partial charge in [0.05, 0.1) is 16.8 Å². The fourth-order valence-corrected chi connectivity index (χ4v) is 3.74. The molecule has 0 spiro atoms. The minimum atomic E-state index is -0.528. The number of carbonyl (C=O) groups is 5. The molecule has 57 heavy (non-hydrogen) atoms. The van der Waals surface area contributed by atoms with Crippen LogP contribution in [0.15, 0.2) is 99.8 Å². The van der Waals surface area contributed by atoms with Gasteiger partial charge in [0.15, 0.2) is 23.6 Å². The van der Waals surface area contributed by atoms with Crippen LogP contribution in [0, 0.1) is 23.3 Å². The van der Waals surface area contributed by atoms with Crippen LogP contribution >= 0.6 is 27.5 Å². The maximum atomic E-state index is 12.8. The van der Waals surface area contributed by atoms with Crippen molar-refractivity contribution < 1.29 is 175 Å². The van der Waals surface area contributed by atoms with Gasteiger partial charge in [0.25, 0.3) is 6.47 Å². The Morgan fingerprint density at radius 3 is 1.53 bits per heavy atom. The van der Waals surface area contributed by atoms with Gasteiger partial charge in [-0.05, 0) is 97.9 Å². The average molecular weight is 936 g/mol. The zero-order valence-electron chi connectivity index (χ0n) is 31.1. The number of Topliss-reactive ketones (excluding diaryl/α,β-unsaturated/α-hetero) is 3. The number of alkyl halides is 2. The zero-order chi connectivity index (χ0) is 40.8. The van der Waals surface area contributed by atoms with E-state index in [0.29, 0.717) is 28.2 Å². The summed E-state index contributed by atoms with van der Waals surface area (Å²) in [6.45, 7) is 2.68. The molecule has 2 N–H and O–H groups in total. The van der Waals surface area contributed by atoms with Crippen LogP contribution in [0.1, 0.15) is 54.2 Å². The fraction of sp³-hybridized carbons (Fsp3) is 0.132. The molecule has 2 heterocycles. The predicted octanol–water partition coefficient (Wildman–Crippen LogP) is 2.80. The summed E-state index contributed by atoms with van der Waals surface area (Å²) in [6, 6.07) is 19.6. The molecule has 19 heteroatoms. The molecule has 0 amide bonds. The van der Waals surface area contributed by atoms with Crippen LogP contribution in [-0.4, -0.2) is 51.5 Å². The first kappa shape index (κ1) is 58.7. The maximum absolute atomic E-state index is 12.8. The molecule has 6 rings (SSSR count). The fourth-order valence-electron chi connectivity index (χ4n) is 3.47. The Hall–Kier alpha value is -2.57. The summed E-state index contributed by atoms with van der Waals surface area (Å²) < 4.78 is 60.2. The van der Waals surface area contributed by atoms with Crippen LogP contribution in [0.4, 0.5) is 17.6 Å². The molecule has 296 valence electrons. The number of aromatic hydroxyl groups is 2. The minimum absolute atomic E-state index is 0. The second kappa shape index (κ2) is 32.3. The van der Waals surface area contributed by atoms with E-state index in [-0.39, 0.29) is 193 Å². The number of halogens is 6. The van der Waals surface area contributed by atoms with Gasteiger partial charge < -0.3 is 30.6 Å². The van der Waals surface area contributed by atoms with Gasteiger partial charge in [-0.15, -0.1) is 11.6 Å². The molecular formula is C38H34BrClF4K2O11. The SMILES string of the molecule is C.CC(=O)CCl.CC(=O)c1cc2cc(F)ccc2o1.O=C(CBr)c1cc2cc(F)ccc2o1.O=CO[O-].O=Cc1cc(F)ccc1O.Oc1ccc(F)cc1.[H-].[K+].[K+]. The van der Waals surface area contributed by atoms with E-state index in [1.165, 1.54) is 74.5 Å². The number of aldehydes is 1. The molecule has 0 bridgehead atoms. The Balaban J connectivity index is -0.000000311. The quantitative estimate of drug-likeness (QED) is 0.0477. The van der Waals surface area contributed by atoms with E-state index in [1.54, 1.807) is 12.1 Å². The van der Waals surface area contributed by atoms with Crippen molar-refractivity contribution in [2.45, 2.75) is 21.3 Å². The number of benzene rings is 4. The number of phenols is 2. The molecule has 2 aromatic heterocycles. The van der Waals surface area contributed by atoms with Gasteiger partial charge in [0.2, 0.25) is 5.78 Å². The molecule has 0 aliphatic heterocycles. The van der Waals surface area contributed by atoms with E-state index in [2.05, 4.69) is 20.8 Å². The van der Waals surface area contributed by atoms with E-state index < -0.39 is 5.82 Å². The number of hydrogen-bond acceptors (Lipinski definition) is 11. The smallest absolute Gasteiger partial charge is 1.00 e. The normalized spacial score (nSPS) is 9.00. The van der Waals surface area contributed by atoms with E-state index in [4.69, 9.17) is 40.7 Å². The van der Waals surface area contributed by atoms with Gasteiger partial charge in [0, 0.05) is 17.7 Å². The molecular weight excluding hydrogens is 902 g/mol. The Morgan fingerprint density at radius 2 is 1.16 bits per heavy atom. The zero-order valence-corrected chi connectivity index (χ0v) is 38.7. The van der Waals surface area contributed by atoms with Crippen molar-refractivity contribution in [3.8, 4) is 11.5 Å². The van der Waals surface area contributed by atoms with Crippen molar-refractivity contribution in [2.75, 3.05) is 11.2 Å². The van der Waals surface area contributed by atoms with E-state index in [9.17, 15) is 36.7 Å². The van der Waals surface area contributed by atoms with Crippen LogP contribution in [0.25, 0.3) is 21.9 Å². The van der Waals surface area contributed by atoms with Gasteiger partial charge in [-0.3, -0.25) is 24.0 Å². The standard InChI is InChI=1S/C10H6BrFO2.C10H7FO2.C7H5FO2.C6H5FO.C3H5ClO.CH2O3.CH4.2K.H/c11-5-8(13)10-4-6-3-7(12)1-2-9(6)14-10;1-6(12)10-5-7-4-8(11)2-3-9(7)13-10;8-6-1-2-7(10)5(3-6)4-9;7-5-1-3-6(8)4-2-5;1-3(5)2-4;2-1-4-3;;;;/h1-4H,5H2;2-5H,1H3;1-4,10H;1-4,8H;2H2,1H3;1,3H;1H4;;;/q;;;;;;;2*+1;-1/p-1. The van der Waals surface area contributed by atoms with E-state index in [0.717, 1.165) is 18.2 Å². The Kier molecular flexibility index (Phi) is 33.3. The van der Waals surface area contributed by atoms with Crippen molar-refractivity contribution in [3.05, 3.63) is 131 Å². The molecule has 0 atom stereocenters. The van der Waals surface area contributed by atoms with E-state index >= 15 is 0 Å². The molecule has 0 radical (unpaired) electrons. The third kappa shape index (κ3) is 23.6. The Labute approximate surface area is 424 Å². The van der Waals surface area contributed by atoms with Crippen LogP contribution in [0.5, 0.6) is 11.5 Å². The van der Waals surface area contributed by atoms with Crippen LogP contribution in [-0.2, 0) is 14.5 Å². The Morgan fingerprint density at radius 1 is 0.754 bits per heavy atom. The van der Waals surface area contributed by atoms with Crippen molar-refractivity contribution in [1.29, 1.82) is 0 Å². The number of carbonyl (C=O) groups excluding carboxylic acids is 5. The van der Waals surface area contributed by atoms with Gasteiger partial charge in [-0.25, -0.2) is 17.6 Å². The molecule has 11 nitrogen and oxygen atoms in total. The minimum Gasteiger partial charge on any atom is -1.00 e. The first-order valence-corrected chi connectivity index (χ1v) is 16.4. The summed E-state index contributed by atoms with van der Waals surface area (Å²) in [7, 11) is 0. The third-order valence-corrected chi connectivity index (χ3v) is 6.76. The summed E-state index contributed by atoms with van der Waals surface area (Å²) in [5.41, 5.74) is 1.03. The summed E-state index contributed by atoms with van der Waals surface area (Å²) >= 11 is 8.03. The van der Waals surface area contributed by atoms with E-state index in [1.807, 2.05) is 0 Å². The van der Waals surface area contributed by atoms with Gasteiger partial charge in [-0.2, -0.15) is 0 Å². The number of ketones is 3. The molecule has 0 aliphatic rings. The number of hydrogen-bond donors (Lipinski definition) is 2. The largest absolute Gasteiger partial charge is 1.00 e. The molecule has 0 unspecified atom stereocenters. The molecule has 0 saturated heterocycles. The first-order valence-electron chi connectivity index (χ1n) is 14.7. The predicted molar refractivity (Wildman–Crippen MR) is 198 cm³/mol. The molecule has 0 fully saturated rings. The summed E-state index contributed by atoms with van der Waals surface area (Å²) in [5, 5.41) is 27.3. The molecule has 4 aromatic carbocycles. The monoisotopic (exact) mass is 934 g/mol. The maximum Gasteiger partial charge on any atom is 1.00 e. The van der Waals surface area contributed by atoms with Crippen molar-refractivity contribution in [1.82, 2.24) is 0 Å². The van der Waals surface area contributed by atoms with Crippen LogP contribution < -0.4 is 108 Å². The third-order valence-electron chi connectivity index (χ3n) is 5.87. The van der Waals surface area contributed by atoms with Crippen molar-refractivity contribution in [2.24, 2.45) is 0 Å². The first-order chi connectivity index (χ1) is 25.6. The topological polar surface area (TPSA) is 184 Å². The van der Waals surface area contributed by atoms with Crippen LogP contribution in [0.2, 0.25) is 0 Å². The summed E-state index contributed by atoms with van der Waals surface area (Å²) in [6.07, 6.45) is 0.401. The van der Waals surface area contributed by atoms with Crippen LogP contribution in [0.3, 0.4) is 0 Å². The van der Waals surface area contributed by atoms with Crippen molar-refractivity contribution >= 4 is 79.6 Å².